The summed E-state index contributed by atoms with van der Waals surface area (Å²) in [6.07, 6.45) is 0. The first-order chi connectivity index (χ1) is 1.91. The maximum absolute atomic E-state index is 7.56. The molecule has 0 spiro atoms. The van der Waals surface area contributed by atoms with E-state index in [1.807, 2.05) is 5.69 Å². The largest absolute Gasteiger partial charge is 0.344 e. The van der Waals surface area contributed by atoms with E-state index in [1.165, 1.54) is 0 Å². The van der Waals surface area contributed by atoms with Gasteiger partial charge in [-0.1, -0.05) is 0 Å². The van der Waals surface area contributed by atoms with E-state index in [-0.39, 0.29) is 0 Å². The SMILES string of the molecule is N#C[SiH2]N. The van der Waals surface area contributed by atoms with Gasteiger partial charge in [0, 0.05) is 5.69 Å². The van der Waals surface area contributed by atoms with Crippen LogP contribution in [0, 0.1) is 11.0 Å². The summed E-state index contributed by atoms with van der Waals surface area (Å²) in [5.74, 6) is 0. The van der Waals surface area contributed by atoms with Crippen molar-refractivity contribution in [2.75, 3.05) is 0 Å². The van der Waals surface area contributed by atoms with Gasteiger partial charge in [0.15, 0.2) is 0 Å². The van der Waals surface area contributed by atoms with Crippen LogP contribution in [0.15, 0.2) is 0 Å². The maximum atomic E-state index is 7.56. The molecule has 3 heteroatoms. The number of nitrogens with two attached hydrogens (primary N) is 1. The van der Waals surface area contributed by atoms with Gasteiger partial charge in [-0.2, -0.15) is 0 Å². The Kier molecular flexibility index (Phi) is 2.44. The van der Waals surface area contributed by atoms with Gasteiger partial charge in [-0.05, 0) is 0 Å². The van der Waals surface area contributed by atoms with Crippen molar-refractivity contribution in [2.45, 2.75) is 0 Å². The van der Waals surface area contributed by atoms with E-state index >= 15 is 0 Å². The molecule has 0 aromatic carbocycles. The van der Waals surface area contributed by atoms with Gasteiger partial charge < -0.3 is 5.40 Å². The van der Waals surface area contributed by atoms with Crippen molar-refractivity contribution in [1.82, 2.24) is 0 Å². The molecule has 0 aliphatic rings. The van der Waals surface area contributed by atoms with Crippen molar-refractivity contribution in [3.8, 4) is 5.69 Å². The molecule has 0 radical (unpaired) electrons. The molecule has 0 aliphatic carbocycles. The summed E-state index contributed by atoms with van der Waals surface area (Å²) in [6.45, 7) is 0. The Bertz CT molecular complexity index is 35.8. The first kappa shape index (κ1) is 3.67. The van der Waals surface area contributed by atoms with Crippen molar-refractivity contribution in [1.29, 1.82) is 5.26 Å². The van der Waals surface area contributed by atoms with Gasteiger partial charge in [0.25, 0.3) is 0 Å². The molecule has 0 unspecified atom stereocenters. The lowest BCUT2D eigenvalue weighted by molar-refractivity contribution is 1.56. The minimum absolute atomic E-state index is 0.770. The fourth-order valence-electron chi connectivity index (χ4n) is 0. The molecule has 2 N–H and O–H groups in total. The van der Waals surface area contributed by atoms with Crippen LogP contribution in [0.3, 0.4) is 0 Å². The van der Waals surface area contributed by atoms with Gasteiger partial charge in [0.1, 0.15) is 0 Å². The third-order valence-corrected chi connectivity index (χ3v) is 0.274. The molecule has 0 atom stereocenters. The molecule has 0 fully saturated rings. The monoisotopic (exact) mass is 72.0 g/mol. The van der Waals surface area contributed by atoms with E-state index in [0.29, 0.717) is 0 Å². The van der Waals surface area contributed by atoms with E-state index < -0.39 is 9.68 Å². The lowest BCUT2D eigenvalue weighted by Crippen LogP contribution is -1.98. The van der Waals surface area contributed by atoms with Crippen LogP contribution in [0.25, 0.3) is 0 Å². The minimum atomic E-state index is -0.770. The standard InChI is InChI=1S/CH4N2Si/c2-1-4-3/h3-4H2. The molecule has 2 nitrogen and oxygen atoms in total. The molecule has 0 saturated carbocycles. The smallest absolute Gasteiger partial charge is 0.209 e. The lowest BCUT2D eigenvalue weighted by atomic mass is 11.8. The molecule has 0 heterocycles. The van der Waals surface area contributed by atoms with Crippen LogP contribution in [0.1, 0.15) is 0 Å². The normalized spacial score (nSPS) is 8.00. The van der Waals surface area contributed by atoms with Gasteiger partial charge in [0.2, 0.25) is 9.68 Å². The number of rotatable bonds is 0. The number of hydrogen-bond donors (Lipinski definition) is 1. The topological polar surface area (TPSA) is 49.8 Å². The fourth-order valence-corrected chi connectivity index (χ4v) is 0. The summed E-state index contributed by atoms with van der Waals surface area (Å²) >= 11 is 0. The third-order valence-electron chi connectivity index (χ3n) is 0.0913. The Morgan fingerprint density at radius 1 is 2.00 bits per heavy atom. The molecule has 0 bridgehead atoms. The molecule has 0 aliphatic heterocycles. The van der Waals surface area contributed by atoms with Gasteiger partial charge in [-0.15, -0.1) is 0 Å². The Morgan fingerprint density at radius 3 is 2.25 bits per heavy atom. The second kappa shape index (κ2) is 2.67. The molecule has 22 valence electrons. The Hall–Kier alpha value is -0.333. The van der Waals surface area contributed by atoms with Crippen LogP contribution in [0.5, 0.6) is 0 Å². The first-order valence-electron chi connectivity index (χ1n) is 0.985. The predicted molar refractivity (Wildman–Crippen MR) is 18.3 cm³/mol. The molecular weight excluding hydrogens is 68.1 g/mol. The average molecular weight is 72.1 g/mol. The fraction of sp³-hybridized carbons (Fsp3) is 0. The zero-order valence-electron chi connectivity index (χ0n) is 2.23. The average Bonchev–Trinajstić information content (AvgIpc) is 1.37. The van der Waals surface area contributed by atoms with Crippen LogP contribution < -0.4 is 5.40 Å². The second-order valence-corrected chi connectivity index (χ2v) is 1.09. The van der Waals surface area contributed by atoms with E-state index in [0.717, 1.165) is 0 Å². The molecule has 0 rings (SSSR count). The molecule has 0 saturated heterocycles. The first-order valence-corrected chi connectivity index (χ1v) is 2.51. The zero-order chi connectivity index (χ0) is 3.41. The van der Waals surface area contributed by atoms with Gasteiger partial charge >= 0.3 is 0 Å². The summed E-state index contributed by atoms with van der Waals surface area (Å²) in [5.41, 5.74) is 1.85. The summed E-state index contributed by atoms with van der Waals surface area (Å²) in [6, 6.07) is 0. The van der Waals surface area contributed by atoms with Gasteiger partial charge in [-0.25, -0.2) is 5.26 Å². The van der Waals surface area contributed by atoms with Crippen LogP contribution in [0.2, 0.25) is 0 Å². The molecular formula is CH4N2Si. The highest BCUT2D eigenvalue weighted by atomic mass is 28.2. The lowest BCUT2D eigenvalue weighted by Gasteiger charge is -1.47. The van der Waals surface area contributed by atoms with Gasteiger partial charge in [0.05, 0.1) is 0 Å². The summed E-state index contributed by atoms with van der Waals surface area (Å²) < 4.78 is 0. The van der Waals surface area contributed by atoms with Crippen molar-refractivity contribution in [2.24, 2.45) is 5.40 Å². The van der Waals surface area contributed by atoms with Crippen LogP contribution in [0.4, 0.5) is 0 Å². The number of nitrogens with zero attached hydrogens (tertiary/aromatic N) is 1. The summed E-state index contributed by atoms with van der Waals surface area (Å²) in [5, 5.41) is 12.4. The zero-order valence-corrected chi connectivity index (χ0v) is 3.65. The second-order valence-electron chi connectivity index (χ2n) is 0.362. The summed E-state index contributed by atoms with van der Waals surface area (Å²) in [4.78, 5) is 0. The highest BCUT2D eigenvalue weighted by Crippen LogP contribution is 1.19. The van der Waals surface area contributed by atoms with Crippen LogP contribution in [-0.2, 0) is 0 Å². The van der Waals surface area contributed by atoms with E-state index in [9.17, 15) is 0 Å². The number of nitriles is 1. The number of hydrogen-bond acceptors (Lipinski definition) is 2. The molecule has 0 aromatic heterocycles. The van der Waals surface area contributed by atoms with E-state index in [2.05, 4.69) is 0 Å². The third kappa shape index (κ3) is 1.67. The highest BCUT2D eigenvalue weighted by Gasteiger charge is 1.52. The van der Waals surface area contributed by atoms with Crippen LogP contribution >= 0.6 is 0 Å². The van der Waals surface area contributed by atoms with E-state index in [1.54, 1.807) is 0 Å². The molecule has 0 amide bonds. The molecule has 4 heavy (non-hydrogen) atoms. The Labute approximate surface area is 27.1 Å². The highest BCUT2D eigenvalue weighted by molar-refractivity contribution is 6.40. The quantitative estimate of drug-likeness (QED) is 0.354. The minimum Gasteiger partial charge on any atom is -0.344 e. The Balaban J connectivity index is 2.43. The van der Waals surface area contributed by atoms with Crippen molar-refractivity contribution in [3.05, 3.63) is 0 Å². The maximum Gasteiger partial charge on any atom is 0.209 e. The van der Waals surface area contributed by atoms with Crippen molar-refractivity contribution >= 4 is 9.68 Å². The predicted octanol–water partition coefficient (Wildman–Crippen LogP) is -1.49. The molecule has 0 aromatic rings. The summed E-state index contributed by atoms with van der Waals surface area (Å²) in [7, 11) is -0.770. The van der Waals surface area contributed by atoms with Crippen molar-refractivity contribution < 1.29 is 0 Å². The Morgan fingerprint density at radius 2 is 2.25 bits per heavy atom. The van der Waals surface area contributed by atoms with Gasteiger partial charge in [-0.3, -0.25) is 0 Å². The van der Waals surface area contributed by atoms with Crippen LogP contribution in [-0.4, -0.2) is 9.68 Å². The van der Waals surface area contributed by atoms with Crippen molar-refractivity contribution in [3.63, 3.8) is 0 Å². The van der Waals surface area contributed by atoms with E-state index in [4.69, 9.17) is 10.7 Å².